The van der Waals surface area contributed by atoms with Gasteiger partial charge >= 0.3 is 0 Å². The molecule has 3 heteroatoms. The van der Waals surface area contributed by atoms with Gasteiger partial charge in [-0.3, -0.25) is 5.41 Å². The minimum Gasteiger partial charge on any atom is -0.497 e. The molecule has 0 aromatic heterocycles. The summed E-state index contributed by atoms with van der Waals surface area (Å²) in [4.78, 5) is 0. The Hall–Kier alpha value is -1.51. The summed E-state index contributed by atoms with van der Waals surface area (Å²) in [6, 6.07) is 7.61. The van der Waals surface area contributed by atoms with Gasteiger partial charge in [0.05, 0.1) is 14.2 Å². The zero-order valence-electron chi connectivity index (χ0n) is 7.83. The SMILES string of the molecule is COC(=N)Cc1cccc(OC)c1. The van der Waals surface area contributed by atoms with Gasteiger partial charge in [0, 0.05) is 6.42 Å². The van der Waals surface area contributed by atoms with Crippen LogP contribution in [0.2, 0.25) is 0 Å². The Morgan fingerprint density at radius 3 is 2.77 bits per heavy atom. The van der Waals surface area contributed by atoms with E-state index in [0.717, 1.165) is 11.3 Å². The van der Waals surface area contributed by atoms with Gasteiger partial charge in [0.2, 0.25) is 0 Å². The number of benzene rings is 1. The lowest BCUT2D eigenvalue weighted by Crippen LogP contribution is -2.03. The van der Waals surface area contributed by atoms with Crippen molar-refractivity contribution in [1.29, 1.82) is 5.41 Å². The molecule has 1 aromatic rings. The third-order valence-corrected chi connectivity index (χ3v) is 1.75. The van der Waals surface area contributed by atoms with E-state index < -0.39 is 0 Å². The van der Waals surface area contributed by atoms with Gasteiger partial charge in [-0.2, -0.15) is 0 Å². The highest BCUT2D eigenvalue weighted by Crippen LogP contribution is 2.13. The van der Waals surface area contributed by atoms with Crippen LogP contribution < -0.4 is 4.74 Å². The maximum absolute atomic E-state index is 7.34. The highest BCUT2D eigenvalue weighted by Gasteiger charge is 1.99. The molecule has 13 heavy (non-hydrogen) atoms. The molecule has 1 aromatic carbocycles. The molecule has 0 amide bonds. The van der Waals surface area contributed by atoms with Crippen molar-refractivity contribution in [1.82, 2.24) is 0 Å². The fourth-order valence-corrected chi connectivity index (χ4v) is 1.04. The molecule has 0 aliphatic heterocycles. The number of hydrogen-bond donors (Lipinski definition) is 1. The van der Waals surface area contributed by atoms with E-state index in [1.165, 1.54) is 7.11 Å². The Labute approximate surface area is 77.8 Å². The first kappa shape index (κ1) is 9.58. The Morgan fingerprint density at radius 2 is 2.15 bits per heavy atom. The summed E-state index contributed by atoms with van der Waals surface area (Å²) in [5.74, 6) is 1.06. The summed E-state index contributed by atoms with van der Waals surface area (Å²) >= 11 is 0. The lowest BCUT2D eigenvalue weighted by atomic mass is 10.1. The molecule has 0 aliphatic rings. The fourth-order valence-electron chi connectivity index (χ4n) is 1.04. The molecule has 0 saturated heterocycles. The summed E-state index contributed by atoms with van der Waals surface area (Å²) in [5.41, 5.74) is 1.02. The van der Waals surface area contributed by atoms with E-state index in [4.69, 9.17) is 14.9 Å². The molecule has 0 saturated carbocycles. The Balaban J connectivity index is 2.71. The molecular formula is C10H13NO2. The van der Waals surface area contributed by atoms with Gasteiger partial charge in [0.25, 0.3) is 0 Å². The molecule has 70 valence electrons. The zero-order valence-corrected chi connectivity index (χ0v) is 7.83. The van der Waals surface area contributed by atoms with Crippen LogP contribution in [0.4, 0.5) is 0 Å². The molecule has 1 N–H and O–H groups in total. The first-order valence-corrected chi connectivity index (χ1v) is 4.00. The summed E-state index contributed by atoms with van der Waals surface area (Å²) in [7, 11) is 3.13. The van der Waals surface area contributed by atoms with Gasteiger partial charge in [0.1, 0.15) is 5.75 Å². The van der Waals surface area contributed by atoms with E-state index >= 15 is 0 Å². The lowest BCUT2D eigenvalue weighted by molar-refractivity contribution is 0.389. The Morgan fingerprint density at radius 1 is 1.38 bits per heavy atom. The second kappa shape index (κ2) is 4.50. The average Bonchev–Trinajstić information content (AvgIpc) is 2.18. The lowest BCUT2D eigenvalue weighted by Gasteiger charge is -2.04. The van der Waals surface area contributed by atoms with Crippen LogP contribution in [-0.4, -0.2) is 20.1 Å². The van der Waals surface area contributed by atoms with Gasteiger partial charge < -0.3 is 9.47 Å². The molecule has 0 unspecified atom stereocenters. The smallest absolute Gasteiger partial charge is 0.184 e. The average molecular weight is 179 g/mol. The van der Waals surface area contributed by atoms with E-state index in [-0.39, 0.29) is 5.90 Å². The van der Waals surface area contributed by atoms with E-state index in [0.29, 0.717) is 6.42 Å². The molecule has 0 heterocycles. The standard InChI is InChI=1S/C10H13NO2/c1-12-9-5-3-4-8(6-9)7-10(11)13-2/h3-6,11H,7H2,1-2H3. The van der Waals surface area contributed by atoms with Crippen LogP contribution in [0.5, 0.6) is 5.75 Å². The number of methoxy groups -OCH3 is 2. The largest absolute Gasteiger partial charge is 0.497 e. The second-order valence-electron chi connectivity index (χ2n) is 2.66. The molecule has 0 aliphatic carbocycles. The van der Waals surface area contributed by atoms with Crippen LogP contribution >= 0.6 is 0 Å². The normalized spacial score (nSPS) is 9.38. The van der Waals surface area contributed by atoms with E-state index in [9.17, 15) is 0 Å². The predicted octanol–water partition coefficient (Wildman–Crippen LogP) is 1.86. The molecule has 0 bridgehead atoms. The summed E-state index contributed by atoms with van der Waals surface area (Å²) in [5, 5.41) is 7.34. The molecule has 0 fully saturated rings. The van der Waals surface area contributed by atoms with Crippen LogP contribution in [0.25, 0.3) is 0 Å². The van der Waals surface area contributed by atoms with Gasteiger partial charge in [-0.25, -0.2) is 0 Å². The van der Waals surface area contributed by atoms with Crippen molar-refractivity contribution in [2.24, 2.45) is 0 Å². The summed E-state index contributed by atoms with van der Waals surface area (Å²) < 4.78 is 9.83. The van der Waals surface area contributed by atoms with Crippen molar-refractivity contribution in [3.63, 3.8) is 0 Å². The number of nitrogens with one attached hydrogen (secondary N) is 1. The number of hydrogen-bond acceptors (Lipinski definition) is 3. The van der Waals surface area contributed by atoms with Crippen LogP contribution in [0.3, 0.4) is 0 Å². The van der Waals surface area contributed by atoms with Crippen molar-refractivity contribution in [2.75, 3.05) is 14.2 Å². The monoisotopic (exact) mass is 179 g/mol. The van der Waals surface area contributed by atoms with E-state index in [1.807, 2.05) is 24.3 Å². The highest BCUT2D eigenvalue weighted by atomic mass is 16.5. The molecule has 3 nitrogen and oxygen atoms in total. The van der Waals surface area contributed by atoms with E-state index in [2.05, 4.69) is 0 Å². The Kier molecular flexibility index (Phi) is 3.31. The molecule has 1 rings (SSSR count). The fraction of sp³-hybridized carbons (Fsp3) is 0.300. The van der Waals surface area contributed by atoms with Gasteiger partial charge in [-0.05, 0) is 17.7 Å². The Bertz CT molecular complexity index is 297. The quantitative estimate of drug-likeness (QED) is 0.568. The first-order chi connectivity index (χ1) is 6.26. The minimum atomic E-state index is 0.258. The van der Waals surface area contributed by atoms with Gasteiger partial charge in [-0.1, -0.05) is 12.1 Å². The van der Waals surface area contributed by atoms with Gasteiger partial charge in [0.15, 0.2) is 5.90 Å². The minimum absolute atomic E-state index is 0.258. The third-order valence-electron chi connectivity index (χ3n) is 1.75. The van der Waals surface area contributed by atoms with Crippen LogP contribution in [-0.2, 0) is 11.2 Å². The number of rotatable bonds is 3. The first-order valence-electron chi connectivity index (χ1n) is 4.00. The molecule has 0 spiro atoms. The maximum Gasteiger partial charge on any atom is 0.184 e. The van der Waals surface area contributed by atoms with Crippen molar-refractivity contribution < 1.29 is 9.47 Å². The second-order valence-corrected chi connectivity index (χ2v) is 2.66. The van der Waals surface area contributed by atoms with Crippen molar-refractivity contribution in [3.05, 3.63) is 29.8 Å². The topological polar surface area (TPSA) is 42.3 Å². The predicted molar refractivity (Wildman–Crippen MR) is 51.4 cm³/mol. The number of ether oxygens (including phenoxy) is 2. The molecular weight excluding hydrogens is 166 g/mol. The molecule has 0 atom stereocenters. The van der Waals surface area contributed by atoms with Crippen LogP contribution in [0.15, 0.2) is 24.3 Å². The maximum atomic E-state index is 7.34. The van der Waals surface area contributed by atoms with E-state index in [1.54, 1.807) is 7.11 Å². The van der Waals surface area contributed by atoms with Gasteiger partial charge in [-0.15, -0.1) is 0 Å². The summed E-state index contributed by atoms with van der Waals surface area (Å²) in [6.45, 7) is 0. The van der Waals surface area contributed by atoms with Crippen LogP contribution in [0, 0.1) is 5.41 Å². The summed E-state index contributed by atoms with van der Waals surface area (Å²) in [6.07, 6.45) is 0.508. The van der Waals surface area contributed by atoms with Crippen molar-refractivity contribution in [2.45, 2.75) is 6.42 Å². The van der Waals surface area contributed by atoms with Crippen LogP contribution in [0.1, 0.15) is 5.56 Å². The third kappa shape index (κ3) is 2.78. The van der Waals surface area contributed by atoms with Crippen molar-refractivity contribution >= 4 is 5.90 Å². The molecule has 0 radical (unpaired) electrons. The zero-order chi connectivity index (χ0) is 9.68. The van der Waals surface area contributed by atoms with Crippen molar-refractivity contribution in [3.8, 4) is 5.75 Å². The highest BCUT2D eigenvalue weighted by molar-refractivity contribution is 5.75.